The van der Waals surface area contributed by atoms with E-state index < -0.39 is 23.8 Å². The molecular weight excluding hydrogens is 450 g/mol. The Morgan fingerprint density at radius 1 is 1.14 bits per heavy atom. The largest absolute Gasteiger partial charge is 0.444 e. The second-order valence-corrected chi connectivity index (χ2v) is 9.56. The number of nitrogens with one attached hydrogen (secondary N) is 2. The maximum atomic E-state index is 13.6. The minimum atomic E-state index is -0.823. The molecule has 0 aliphatic heterocycles. The van der Waals surface area contributed by atoms with Crippen LogP contribution >= 0.6 is 0 Å². The quantitative estimate of drug-likeness (QED) is 0.271. The van der Waals surface area contributed by atoms with Gasteiger partial charge in [-0.2, -0.15) is 0 Å². The fourth-order valence-corrected chi connectivity index (χ4v) is 3.47. The average molecular weight is 492 g/mol. The Hall–Kier alpha value is -2.94. The first-order valence-electron chi connectivity index (χ1n) is 12.2. The molecule has 0 radical (unpaired) electrons. The highest BCUT2D eigenvalue weighted by Gasteiger charge is 2.33. The van der Waals surface area contributed by atoms with Crippen molar-refractivity contribution in [1.29, 1.82) is 0 Å². The van der Waals surface area contributed by atoms with Crippen molar-refractivity contribution in [2.75, 3.05) is 19.7 Å². The van der Waals surface area contributed by atoms with Gasteiger partial charge in [-0.1, -0.05) is 50.6 Å². The lowest BCUT2D eigenvalue weighted by Crippen LogP contribution is -2.53. The van der Waals surface area contributed by atoms with Gasteiger partial charge in [0.1, 0.15) is 24.0 Å². The van der Waals surface area contributed by atoms with Crippen LogP contribution in [0.2, 0.25) is 0 Å². The molecule has 0 bridgehead atoms. The molecule has 3 atom stereocenters. The Morgan fingerprint density at radius 3 is 2.34 bits per heavy atom. The van der Waals surface area contributed by atoms with E-state index in [2.05, 4.69) is 10.6 Å². The van der Waals surface area contributed by atoms with Crippen molar-refractivity contribution < 1.29 is 29.0 Å². The summed E-state index contributed by atoms with van der Waals surface area (Å²) >= 11 is 0. The molecule has 0 saturated carbocycles. The van der Waals surface area contributed by atoms with E-state index in [0.717, 1.165) is 0 Å². The third-order valence-corrected chi connectivity index (χ3v) is 5.49. The van der Waals surface area contributed by atoms with Crippen molar-refractivity contribution in [3.8, 4) is 0 Å². The minimum absolute atomic E-state index is 0.114. The van der Waals surface area contributed by atoms with Gasteiger partial charge in [-0.15, -0.1) is 0 Å². The maximum absolute atomic E-state index is 13.6. The normalized spacial score (nSPS) is 13.8. The van der Waals surface area contributed by atoms with Gasteiger partial charge in [0.2, 0.25) is 11.8 Å². The number of hydrogen-bond donors (Lipinski definition) is 3. The molecule has 3 unspecified atom stereocenters. The Labute approximate surface area is 208 Å². The van der Waals surface area contributed by atoms with Crippen LogP contribution in [0.5, 0.6) is 0 Å². The van der Waals surface area contributed by atoms with E-state index in [0.29, 0.717) is 31.1 Å². The van der Waals surface area contributed by atoms with Crippen LogP contribution in [0, 0.1) is 5.92 Å². The summed E-state index contributed by atoms with van der Waals surface area (Å²) in [7, 11) is 0. The Morgan fingerprint density at radius 2 is 1.80 bits per heavy atom. The average Bonchev–Trinajstić information content (AvgIpc) is 2.81. The van der Waals surface area contributed by atoms with Crippen LogP contribution < -0.4 is 10.6 Å². The monoisotopic (exact) mass is 491 g/mol. The minimum Gasteiger partial charge on any atom is -0.444 e. The van der Waals surface area contributed by atoms with Gasteiger partial charge in [0, 0.05) is 26.1 Å². The summed E-state index contributed by atoms with van der Waals surface area (Å²) in [4.78, 5) is 51.5. The van der Waals surface area contributed by atoms with Gasteiger partial charge in [0.15, 0.2) is 0 Å². The van der Waals surface area contributed by atoms with Crippen molar-refractivity contribution in [1.82, 2.24) is 15.5 Å². The Bertz CT molecular complexity index is 809. The zero-order valence-electron chi connectivity index (χ0n) is 21.6. The molecule has 9 heteroatoms. The molecule has 1 rings (SSSR count). The molecule has 0 saturated heterocycles. The van der Waals surface area contributed by atoms with Crippen molar-refractivity contribution in [2.45, 2.75) is 78.0 Å². The zero-order chi connectivity index (χ0) is 26.4. The van der Waals surface area contributed by atoms with E-state index in [1.54, 1.807) is 45.0 Å². The lowest BCUT2D eigenvalue weighted by molar-refractivity contribution is -0.142. The van der Waals surface area contributed by atoms with Crippen LogP contribution in [0.1, 0.15) is 71.9 Å². The number of nitrogens with zero attached hydrogens (tertiary/aromatic N) is 1. The second-order valence-electron chi connectivity index (χ2n) is 9.56. The van der Waals surface area contributed by atoms with Gasteiger partial charge < -0.3 is 30.2 Å². The van der Waals surface area contributed by atoms with E-state index in [9.17, 15) is 24.3 Å². The number of aldehydes is 1. The van der Waals surface area contributed by atoms with E-state index in [4.69, 9.17) is 4.74 Å². The number of amides is 3. The topological polar surface area (TPSA) is 125 Å². The number of rotatable bonds is 14. The summed E-state index contributed by atoms with van der Waals surface area (Å²) in [6, 6.07) is 7.30. The van der Waals surface area contributed by atoms with Crippen molar-refractivity contribution >= 4 is 24.2 Å². The number of alkyl carbamates (subject to hydrolysis) is 1. The molecule has 0 fully saturated rings. The van der Waals surface area contributed by atoms with E-state index in [1.165, 1.54) is 4.90 Å². The SMILES string of the molecule is CCC(C)C(NC(=O)CCCNC(=O)OC(C)(C)C)C(=O)N(CCCO)C(C=O)c1ccccc1. The lowest BCUT2D eigenvalue weighted by atomic mass is 9.95. The number of ether oxygens (including phenoxy) is 1. The molecule has 9 nitrogen and oxygen atoms in total. The summed E-state index contributed by atoms with van der Waals surface area (Å²) in [5, 5.41) is 14.8. The molecule has 3 amide bonds. The molecule has 35 heavy (non-hydrogen) atoms. The first-order chi connectivity index (χ1) is 16.5. The molecule has 1 aromatic carbocycles. The first kappa shape index (κ1) is 30.1. The third-order valence-electron chi connectivity index (χ3n) is 5.49. The van der Waals surface area contributed by atoms with Crippen LogP contribution in [0.4, 0.5) is 4.79 Å². The fraction of sp³-hybridized carbons (Fsp3) is 0.615. The number of carbonyl (C=O) groups is 4. The molecule has 0 spiro atoms. The molecule has 1 aromatic rings. The lowest BCUT2D eigenvalue weighted by Gasteiger charge is -2.34. The Balaban J connectivity index is 2.88. The van der Waals surface area contributed by atoms with E-state index >= 15 is 0 Å². The number of aliphatic hydroxyl groups excluding tert-OH is 1. The highest BCUT2D eigenvalue weighted by atomic mass is 16.6. The molecule has 196 valence electrons. The van der Waals surface area contributed by atoms with Gasteiger partial charge in [0.05, 0.1) is 0 Å². The van der Waals surface area contributed by atoms with Crippen LogP contribution in [-0.4, -0.2) is 65.5 Å². The molecule has 0 aliphatic rings. The van der Waals surface area contributed by atoms with Crippen molar-refractivity contribution in [3.05, 3.63) is 35.9 Å². The number of hydrogen-bond acceptors (Lipinski definition) is 6. The third kappa shape index (κ3) is 10.9. The molecule has 0 aromatic heterocycles. The highest BCUT2D eigenvalue weighted by molar-refractivity contribution is 5.89. The second kappa shape index (κ2) is 15.1. The maximum Gasteiger partial charge on any atom is 0.407 e. The smallest absolute Gasteiger partial charge is 0.407 e. The summed E-state index contributed by atoms with van der Waals surface area (Å²) in [6.45, 7) is 9.40. The van der Waals surface area contributed by atoms with Gasteiger partial charge in [-0.05, 0) is 45.1 Å². The van der Waals surface area contributed by atoms with Gasteiger partial charge in [-0.25, -0.2) is 4.79 Å². The van der Waals surface area contributed by atoms with Gasteiger partial charge in [-0.3, -0.25) is 9.59 Å². The van der Waals surface area contributed by atoms with Crippen LogP contribution in [-0.2, 0) is 19.1 Å². The van der Waals surface area contributed by atoms with Crippen LogP contribution in [0.15, 0.2) is 30.3 Å². The molecular formula is C26H41N3O6. The highest BCUT2D eigenvalue weighted by Crippen LogP contribution is 2.22. The van der Waals surface area contributed by atoms with Crippen molar-refractivity contribution in [2.24, 2.45) is 5.92 Å². The molecule has 3 N–H and O–H groups in total. The zero-order valence-corrected chi connectivity index (χ0v) is 21.6. The van der Waals surface area contributed by atoms with Gasteiger partial charge >= 0.3 is 6.09 Å². The molecule has 0 aliphatic carbocycles. The first-order valence-corrected chi connectivity index (χ1v) is 12.2. The van der Waals surface area contributed by atoms with Crippen LogP contribution in [0.25, 0.3) is 0 Å². The van der Waals surface area contributed by atoms with E-state index in [-0.39, 0.29) is 43.8 Å². The fourth-order valence-electron chi connectivity index (χ4n) is 3.47. The van der Waals surface area contributed by atoms with Crippen molar-refractivity contribution in [3.63, 3.8) is 0 Å². The number of carbonyl (C=O) groups excluding carboxylic acids is 4. The van der Waals surface area contributed by atoms with E-state index in [1.807, 2.05) is 19.9 Å². The predicted octanol–water partition coefficient (Wildman–Crippen LogP) is 2.97. The summed E-state index contributed by atoms with van der Waals surface area (Å²) < 4.78 is 5.17. The van der Waals surface area contributed by atoms with Gasteiger partial charge in [0.25, 0.3) is 0 Å². The number of aliphatic hydroxyl groups is 1. The molecule has 0 heterocycles. The summed E-state index contributed by atoms with van der Waals surface area (Å²) in [5.41, 5.74) is 0.0584. The number of benzene rings is 1. The summed E-state index contributed by atoms with van der Waals surface area (Å²) in [5.74, 6) is -0.862. The predicted molar refractivity (Wildman–Crippen MR) is 134 cm³/mol. The standard InChI is InChI=1S/C26H41N3O6/c1-6-19(2)23(28-22(32)14-10-15-27-25(34)35-26(3,4)5)24(33)29(16-11-17-30)21(18-31)20-12-8-7-9-13-20/h7-9,12-13,18-19,21,23,30H,6,10-11,14-17H2,1-5H3,(H,27,34)(H,28,32). The van der Waals surface area contributed by atoms with Crippen LogP contribution in [0.3, 0.4) is 0 Å². The summed E-state index contributed by atoms with van der Waals surface area (Å²) in [6.07, 6.45) is 1.60. The Kier molecular flexibility index (Phi) is 13.0.